The lowest BCUT2D eigenvalue weighted by atomic mass is 10.1. The standard InChI is InChI=1S/C25H27N5O3S/c31-23-14-19(15-30(23)20-7-6-17-3-1-4-18(17)13-20)25(32)29-10-8-28(9-11-29)16-22-26-24(27-33-22)21-5-2-12-34-21/h2,5-7,12-13,19H,1,3-4,8-11,14-16H2. The Kier molecular flexibility index (Phi) is 5.66. The van der Waals surface area contributed by atoms with E-state index < -0.39 is 0 Å². The average Bonchev–Trinajstić information content (AvgIpc) is 3.65. The molecule has 9 heteroatoms. The summed E-state index contributed by atoms with van der Waals surface area (Å²) < 4.78 is 5.42. The van der Waals surface area contributed by atoms with Gasteiger partial charge in [-0.2, -0.15) is 4.98 Å². The van der Waals surface area contributed by atoms with Crippen molar-refractivity contribution in [2.75, 3.05) is 37.6 Å². The highest BCUT2D eigenvalue weighted by atomic mass is 32.1. The first-order valence-electron chi connectivity index (χ1n) is 11.9. The molecule has 0 radical (unpaired) electrons. The van der Waals surface area contributed by atoms with Crippen molar-refractivity contribution in [1.29, 1.82) is 0 Å². The van der Waals surface area contributed by atoms with E-state index in [-0.39, 0.29) is 17.7 Å². The molecule has 2 fully saturated rings. The number of fused-ring (bicyclic) bond motifs is 1. The molecule has 3 aliphatic rings. The number of aryl methyl sites for hydroxylation is 2. The Bertz CT molecular complexity index is 1200. The van der Waals surface area contributed by atoms with Gasteiger partial charge in [-0.05, 0) is 54.0 Å². The Hall–Kier alpha value is -3.04. The number of piperazine rings is 1. The van der Waals surface area contributed by atoms with E-state index in [4.69, 9.17) is 4.52 Å². The summed E-state index contributed by atoms with van der Waals surface area (Å²) in [4.78, 5) is 37.4. The number of amides is 2. The molecular weight excluding hydrogens is 450 g/mol. The Labute approximate surface area is 202 Å². The molecule has 34 heavy (non-hydrogen) atoms. The molecule has 1 unspecified atom stereocenters. The summed E-state index contributed by atoms with van der Waals surface area (Å²) in [7, 11) is 0. The molecular formula is C25H27N5O3S. The molecule has 4 heterocycles. The van der Waals surface area contributed by atoms with Crippen molar-refractivity contribution >= 4 is 28.8 Å². The molecule has 0 saturated carbocycles. The fourth-order valence-corrected chi connectivity index (χ4v) is 5.90. The molecule has 0 N–H and O–H groups in total. The van der Waals surface area contributed by atoms with Crippen LogP contribution in [0, 0.1) is 5.92 Å². The van der Waals surface area contributed by atoms with Gasteiger partial charge in [0.1, 0.15) is 0 Å². The van der Waals surface area contributed by atoms with Crippen molar-refractivity contribution in [3.8, 4) is 10.7 Å². The fraction of sp³-hybridized carbons (Fsp3) is 0.440. The van der Waals surface area contributed by atoms with E-state index in [9.17, 15) is 9.59 Å². The molecule has 176 valence electrons. The number of rotatable bonds is 5. The second-order valence-corrected chi connectivity index (χ2v) is 10.3. The van der Waals surface area contributed by atoms with Gasteiger partial charge in [-0.15, -0.1) is 11.3 Å². The van der Waals surface area contributed by atoms with Crippen LogP contribution in [0.4, 0.5) is 5.69 Å². The van der Waals surface area contributed by atoms with Gasteiger partial charge >= 0.3 is 0 Å². The fourth-order valence-electron chi connectivity index (χ4n) is 5.25. The number of carbonyl (C=O) groups excluding carboxylic acids is 2. The first kappa shape index (κ1) is 21.5. The molecule has 0 spiro atoms. The van der Waals surface area contributed by atoms with Crippen LogP contribution in [0.1, 0.15) is 29.9 Å². The minimum Gasteiger partial charge on any atom is -0.340 e. The van der Waals surface area contributed by atoms with Crippen LogP contribution in [0.5, 0.6) is 0 Å². The first-order chi connectivity index (χ1) is 16.6. The van der Waals surface area contributed by atoms with Gasteiger partial charge < -0.3 is 14.3 Å². The number of carbonyl (C=O) groups is 2. The van der Waals surface area contributed by atoms with Gasteiger partial charge in [-0.1, -0.05) is 17.3 Å². The van der Waals surface area contributed by atoms with E-state index in [1.807, 2.05) is 28.5 Å². The topological polar surface area (TPSA) is 82.8 Å². The summed E-state index contributed by atoms with van der Waals surface area (Å²) in [5.41, 5.74) is 3.68. The van der Waals surface area contributed by atoms with E-state index in [1.165, 1.54) is 17.5 Å². The zero-order chi connectivity index (χ0) is 23.1. The Morgan fingerprint density at radius 1 is 1.12 bits per heavy atom. The summed E-state index contributed by atoms with van der Waals surface area (Å²) in [6.45, 7) is 3.84. The van der Waals surface area contributed by atoms with Gasteiger partial charge in [0.05, 0.1) is 17.3 Å². The van der Waals surface area contributed by atoms with Crippen molar-refractivity contribution in [3.05, 3.63) is 52.7 Å². The molecule has 0 bridgehead atoms. The predicted octanol–water partition coefficient (Wildman–Crippen LogP) is 2.98. The maximum Gasteiger partial charge on any atom is 0.241 e. The Morgan fingerprint density at radius 3 is 2.79 bits per heavy atom. The number of anilines is 1. The Balaban J connectivity index is 1.03. The van der Waals surface area contributed by atoms with E-state index in [2.05, 4.69) is 27.2 Å². The second kappa shape index (κ2) is 8.96. The summed E-state index contributed by atoms with van der Waals surface area (Å²) in [5.74, 6) is 1.09. The van der Waals surface area contributed by atoms with Crippen LogP contribution in [0.3, 0.4) is 0 Å². The third-order valence-corrected chi connectivity index (χ3v) is 7.99. The van der Waals surface area contributed by atoms with E-state index in [0.29, 0.717) is 44.3 Å². The van der Waals surface area contributed by atoms with E-state index in [1.54, 1.807) is 16.2 Å². The summed E-state index contributed by atoms with van der Waals surface area (Å²) in [6.07, 6.45) is 3.68. The molecule has 1 aliphatic carbocycles. The highest BCUT2D eigenvalue weighted by Gasteiger charge is 2.38. The molecule has 6 rings (SSSR count). The van der Waals surface area contributed by atoms with Crippen molar-refractivity contribution in [3.63, 3.8) is 0 Å². The number of nitrogens with zero attached hydrogens (tertiary/aromatic N) is 5. The van der Waals surface area contributed by atoms with Crippen LogP contribution in [0.25, 0.3) is 10.7 Å². The first-order valence-corrected chi connectivity index (χ1v) is 12.8. The van der Waals surface area contributed by atoms with Crippen molar-refractivity contribution < 1.29 is 14.1 Å². The minimum absolute atomic E-state index is 0.0490. The highest BCUT2D eigenvalue weighted by Crippen LogP contribution is 2.31. The predicted molar refractivity (Wildman–Crippen MR) is 128 cm³/mol. The lowest BCUT2D eigenvalue weighted by Gasteiger charge is -2.35. The molecule has 2 amide bonds. The zero-order valence-corrected chi connectivity index (χ0v) is 19.8. The van der Waals surface area contributed by atoms with Crippen LogP contribution in [-0.4, -0.2) is 64.5 Å². The Morgan fingerprint density at radius 2 is 1.97 bits per heavy atom. The van der Waals surface area contributed by atoms with Crippen molar-refractivity contribution in [1.82, 2.24) is 19.9 Å². The molecule has 2 aromatic heterocycles. The van der Waals surface area contributed by atoms with E-state index in [0.717, 1.165) is 36.5 Å². The van der Waals surface area contributed by atoms with Crippen LogP contribution >= 0.6 is 11.3 Å². The number of hydrogen-bond donors (Lipinski definition) is 0. The monoisotopic (exact) mass is 477 g/mol. The third kappa shape index (κ3) is 4.14. The van der Waals surface area contributed by atoms with E-state index >= 15 is 0 Å². The average molecular weight is 478 g/mol. The molecule has 1 aromatic carbocycles. The molecule has 1 atom stereocenters. The zero-order valence-electron chi connectivity index (χ0n) is 19.0. The lowest BCUT2D eigenvalue weighted by molar-refractivity contribution is -0.137. The number of aromatic nitrogens is 2. The highest BCUT2D eigenvalue weighted by molar-refractivity contribution is 7.13. The second-order valence-electron chi connectivity index (χ2n) is 9.30. The van der Waals surface area contributed by atoms with Crippen molar-refractivity contribution in [2.45, 2.75) is 32.2 Å². The molecule has 2 aliphatic heterocycles. The summed E-state index contributed by atoms with van der Waals surface area (Å²) in [6, 6.07) is 10.3. The van der Waals surface area contributed by atoms with Gasteiger partial charge in [0.15, 0.2) is 0 Å². The third-order valence-electron chi connectivity index (χ3n) is 7.12. The number of thiophene rings is 1. The largest absolute Gasteiger partial charge is 0.340 e. The van der Waals surface area contributed by atoms with Crippen molar-refractivity contribution in [2.24, 2.45) is 5.92 Å². The maximum absolute atomic E-state index is 13.2. The molecule has 3 aromatic rings. The molecule has 2 saturated heterocycles. The quantitative estimate of drug-likeness (QED) is 0.562. The number of benzene rings is 1. The van der Waals surface area contributed by atoms with Gasteiger partial charge in [0, 0.05) is 44.8 Å². The summed E-state index contributed by atoms with van der Waals surface area (Å²) in [5, 5.41) is 6.06. The van der Waals surface area contributed by atoms with Crippen LogP contribution in [-0.2, 0) is 29.0 Å². The molecule has 8 nitrogen and oxygen atoms in total. The van der Waals surface area contributed by atoms with Gasteiger partial charge in [-0.3, -0.25) is 14.5 Å². The van der Waals surface area contributed by atoms with Gasteiger partial charge in [-0.25, -0.2) is 0 Å². The maximum atomic E-state index is 13.2. The van der Waals surface area contributed by atoms with Crippen LogP contribution in [0.2, 0.25) is 0 Å². The van der Waals surface area contributed by atoms with Gasteiger partial charge in [0.25, 0.3) is 0 Å². The van der Waals surface area contributed by atoms with Crippen LogP contribution in [0.15, 0.2) is 40.2 Å². The minimum atomic E-state index is -0.267. The van der Waals surface area contributed by atoms with Crippen LogP contribution < -0.4 is 4.90 Å². The SMILES string of the molecule is O=C(C1CC(=O)N(c2ccc3c(c2)CCC3)C1)N1CCN(Cc2nc(-c3cccs3)no2)CC1. The van der Waals surface area contributed by atoms with Gasteiger partial charge in [0.2, 0.25) is 23.5 Å². The lowest BCUT2D eigenvalue weighted by Crippen LogP contribution is -2.50. The normalized spacial score (nSPS) is 20.8. The number of hydrogen-bond acceptors (Lipinski definition) is 7. The summed E-state index contributed by atoms with van der Waals surface area (Å²) >= 11 is 1.58. The smallest absolute Gasteiger partial charge is 0.241 e.